The van der Waals surface area contributed by atoms with Crippen LogP contribution in [0.15, 0.2) is 53.9 Å². The number of hydrogen-bond donors (Lipinski definition) is 2. The van der Waals surface area contributed by atoms with Crippen molar-refractivity contribution in [2.75, 3.05) is 23.8 Å². The minimum absolute atomic E-state index is 0.0267. The molecule has 34 heavy (non-hydrogen) atoms. The molecule has 0 aliphatic carbocycles. The van der Waals surface area contributed by atoms with Gasteiger partial charge in [-0.15, -0.1) is 11.3 Å². The van der Waals surface area contributed by atoms with Gasteiger partial charge in [-0.05, 0) is 18.2 Å². The highest BCUT2D eigenvalue weighted by atomic mass is 32.1. The molecule has 9 nitrogen and oxygen atoms in total. The second-order valence-corrected chi connectivity index (χ2v) is 8.80. The Kier molecular flexibility index (Phi) is 5.58. The van der Waals surface area contributed by atoms with Gasteiger partial charge in [0.15, 0.2) is 5.13 Å². The van der Waals surface area contributed by atoms with Crippen molar-refractivity contribution < 1.29 is 19.2 Å². The fourth-order valence-corrected chi connectivity index (χ4v) is 5.03. The topological polar surface area (TPSA) is 112 Å². The molecule has 5 rings (SSSR count). The van der Waals surface area contributed by atoms with Crippen LogP contribution in [0.5, 0.6) is 0 Å². The number of amides is 4. The maximum absolute atomic E-state index is 13.4. The zero-order valence-corrected chi connectivity index (χ0v) is 19.1. The summed E-state index contributed by atoms with van der Waals surface area (Å²) in [4.78, 5) is 58.2. The molecule has 3 heterocycles. The van der Waals surface area contributed by atoms with E-state index in [0.717, 1.165) is 5.56 Å². The van der Waals surface area contributed by atoms with Gasteiger partial charge in [-0.1, -0.05) is 30.3 Å². The second-order valence-electron chi connectivity index (χ2n) is 7.94. The van der Waals surface area contributed by atoms with E-state index in [1.165, 1.54) is 11.3 Å². The zero-order chi connectivity index (χ0) is 23.8. The maximum atomic E-state index is 13.4. The highest BCUT2D eigenvalue weighted by Crippen LogP contribution is 2.45. The van der Waals surface area contributed by atoms with Crippen LogP contribution >= 0.6 is 11.3 Å². The van der Waals surface area contributed by atoms with Crippen LogP contribution in [0.1, 0.15) is 44.6 Å². The first-order valence-electron chi connectivity index (χ1n) is 10.7. The summed E-state index contributed by atoms with van der Waals surface area (Å²) in [6, 6.07) is 14.3. The molecule has 2 aromatic carbocycles. The lowest BCUT2D eigenvalue weighted by Gasteiger charge is -2.40. The number of aromatic nitrogens is 1. The van der Waals surface area contributed by atoms with Crippen molar-refractivity contribution in [1.82, 2.24) is 15.2 Å². The molecule has 0 bridgehead atoms. The van der Waals surface area contributed by atoms with E-state index in [1.54, 1.807) is 58.6 Å². The largest absolute Gasteiger partial charge is 0.359 e. The predicted molar refractivity (Wildman–Crippen MR) is 127 cm³/mol. The van der Waals surface area contributed by atoms with Gasteiger partial charge in [0.2, 0.25) is 11.8 Å². The average molecular weight is 476 g/mol. The molecule has 172 valence electrons. The molecule has 4 amide bonds. The predicted octanol–water partition coefficient (Wildman–Crippen LogP) is 2.58. The Morgan fingerprint density at radius 1 is 1.00 bits per heavy atom. The van der Waals surface area contributed by atoms with Gasteiger partial charge >= 0.3 is 0 Å². The van der Waals surface area contributed by atoms with Crippen molar-refractivity contribution in [2.24, 2.45) is 0 Å². The maximum Gasteiger partial charge on any atom is 0.260 e. The number of carbonyl (C=O) groups is 4. The van der Waals surface area contributed by atoms with E-state index in [2.05, 4.69) is 15.6 Å². The summed E-state index contributed by atoms with van der Waals surface area (Å²) in [5.74, 6) is -0.864. The van der Waals surface area contributed by atoms with Gasteiger partial charge in [0.05, 0.1) is 23.4 Å². The molecule has 0 radical (unpaired) electrons. The van der Waals surface area contributed by atoms with Crippen LogP contribution in [0.2, 0.25) is 0 Å². The molecule has 2 aliphatic heterocycles. The highest BCUT2D eigenvalue weighted by molar-refractivity contribution is 7.13. The van der Waals surface area contributed by atoms with Crippen LogP contribution in [0.25, 0.3) is 0 Å². The van der Waals surface area contributed by atoms with Crippen molar-refractivity contribution in [1.29, 1.82) is 0 Å². The third-order valence-electron chi connectivity index (χ3n) is 5.88. The number of rotatable bonds is 6. The first kappa shape index (κ1) is 21.8. The summed E-state index contributed by atoms with van der Waals surface area (Å²) < 4.78 is 0. The van der Waals surface area contributed by atoms with Crippen LogP contribution in [0, 0.1) is 0 Å². The molecule has 0 spiro atoms. The molecule has 1 atom stereocenters. The number of likely N-dealkylation sites (N-methyl/N-ethyl adjacent to an activating group) is 1. The second kappa shape index (κ2) is 8.71. The first-order valence-corrected chi connectivity index (χ1v) is 11.6. The summed E-state index contributed by atoms with van der Waals surface area (Å²) in [7, 11) is 1.55. The summed E-state index contributed by atoms with van der Waals surface area (Å²) in [5.41, 5.74) is 2.87. The van der Waals surface area contributed by atoms with Gasteiger partial charge in [0.1, 0.15) is 6.17 Å². The van der Waals surface area contributed by atoms with E-state index in [0.29, 0.717) is 27.6 Å². The lowest BCUT2D eigenvalue weighted by Crippen LogP contribution is -2.48. The van der Waals surface area contributed by atoms with Crippen molar-refractivity contribution in [3.63, 3.8) is 0 Å². The molecule has 10 heteroatoms. The first-order chi connectivity index (χ1) is 16.5. The highest BCUT2D eigenvalue weighted by Gasteiger charge is 2.47. The number of anilines is 2. The monoisotopic (exact) mass is 475 g/mol. The Labute approximate surface area is 199 Å². The molecule has 0 saturated carbocycles. The standard InChI is InChI=1S/C24H21N5O4S/c1-25-20(31)12-14-13-34-24(26-14)27-19(30)10-11-28-21-15-6-2-3-7-16(15)23(33)29(21)18-9-5-4-8-17(18)22(28)32/h2-9,13,21H,10-12H2,1H3,(H,25,31)(H,26,27,30)/t21-/m0/s1. The van der Waals surface area contributed by atoms with E-state index in [-0.39, 0.29) is 43.0 Å². The number of thiazole rings is 1. The van der Waals surface area contributed by atoms with Crippen LogP contribution in [-0.2, 0) is 16.0 Å². The fraction of sp³-hybridized carbons (Fsp3) is 0.208. The summed E-state index contributed by atoms with van der Waals surface area (Å²) in [6.45, 7) is 0.123. The average Bonchev–Trinajstić information content (AvgIpc) is 3.41. The van der Waals surface area contributed by atoms with Crippen LogP contribution < -0.4 is 15.5 Å². The Balaban J connectivity index is 1.35. The number of fused-ring (bicyclic) bond motifs is 5. The molecular formula is C24H21N5O4S. The van der Waals surface area contributed by atoms with Gasteiger partial charge in [-0.2, -0.15) is 0 Å². The minimum atomic E-state index is -0.599. The van der Waals surface area contributed by atoms with Crippen LogP contribution in [0.3, 0.4) is 0 Å². The van der Waals surface area contributed by atoms with E-state index >= 15 is 0 Å². The normalized spacial score (nSPS) is 16.1. The van der Waals surface area contributed by atoms with Crippen molar-refractivity contribution in [3.8, 4) is 0 Å². The number of carbonyl (C=O) groups excluding carboxylic acids is 4. The SMILES string of the molecule is CNC(=O)Cc1csc(NC(=O)CCN2C(=O)c3ccccc3N3C(=O)c4ccccc4[C@@H]23)n1. The van der Waals surface area contributed by atoms with E-state index in [1.807, 2.05) is 12.1 Å². The molecule has 0 unspecified atom stereocenters. The number of nitrogens with zero attached hydrogens (tertiary/aromatic N) is 3. The van der Waals surface area contributed by atoms with Crippen LogP contribution in [0.4, 0.5) is 10.8 Å². The molecule has 1 aromatic heterocycles. The molecule has 2 N–H and O–H groups in total. The third-order valence-corrected chi connectivity index (χ3v) is 6.69. The number of nitrogens with one attached hydrogen (secondary N) is 2. The molecular weight excluding hydrogens is 454 g/mol. The van der Waals surface area contributed by atoms with Gasteiger partial charge in [0.25, 0.3) is 11.8 Å². The summed E-state index contributed by atoms with van der Waals surface area (Å²) >= 11 is 1.23. The minimum Gasteiger partial charge on any atom is -0.359 e. The number of benzene rings is 2. The van der Waals surface area contributed by atoms with E-state index in [9.17, 15) is 19.2 Å². The Hall–Kier alpha value is -4.05. The summed E-state index contributed by atoms with van der Waals surface area (Å²) in [6.07, 6.45) is -0.438. The van der Waals surface area contributed by atoms with Gasteiger partial charge in [0, 0.05) is 36.5 Å². The lowest BCUT2D eigenvalue weighted by molar-refractivity contribution is -0.120. The van der Waals surface area contributed by atoms with Crippen molar-refractivity contribution in [2.45, 2.75) is 19.0 Å². The Morgan fingerprint density at radius 3 is 2.53 bits per heavy atom. The van der Waals surface area contributed by atoms with Crippen molar-refractivity contribution in [3.05, 3.63) is 76.3 Å². The van der Waals surface area contributed by atoms with Crippen LogP contribution in [-0.4, -0.2) is 47.1 Å². The van der Waals surface area contributed by atoms with Gasteiger partial charge in [-0.25, -0.2) is 4.98 Å². The molecule has 2 aliphatic rings. The van der Waals surface area contributed by atoms with E-state index < -0.39 is 6.17 Å². The summed E-state index contributed by atoms with van der Waals surface area (Å²) in [5, 5.41) is 7.37. The zero-order valence-electron chi connectivity index (χ0n) is 18.3. The van der Waals surface area contributed by atoms with Crippen molar-refractivity contribution >= 4 is 45.8 Å². The van der Waals surface area contributed by atoms with E-state index in [4.69, 9.17) is 0 Å². The number of hydrogen-bond acceptors (Lipinski definition) is 6. The lowest BCUT2D eigenvalue weighted by atomic mass is 10.0. The quantitative estimate of drug-likeness (QED) is 0.569. The smallest absolute Gasteiger partial charge is 0.260 e. The number of para-hydroxylation sites is 1. The fourth-order valence-electron chi connectivity index (χ4n) is 4.30. The third kappa shape index (κ3) is 3.71. The molecule has 3 aromatic rings. The Bertz CT molecular complexity index is 1320. The molecule has 0 saturated heterocycles. The Morgan fingerprint density at radius 2 is 1.74 bits per heavy atom. The van der Waals surface area contributed by atoms with Gasteiger partial charge < -0.3 is 15.5 Å². The van der Waals surface area contributed by atoms with Gasteiger partial charge in [-0.3, -0.25) is 24.1 Å². The molecule has 0 fully saturated rings.